The fourth-order valence-electron chi connectivity index (χ4n) is 2.83. The predicted octanol–water partition coefficient (Wildman–Crippen LogP) is 4.57. The van der Waals surface area contributed by atoms with E-state index in [2.05, 4.69) is 33.4 Å². The summed E-state index contributed by atoms with van der Waals surface area (Å²) in [6, 6.07) is 8.64. The maximum atomic E-state index is 6.13. The molecule has 0 bridgehead atoms. The van der Waals surface area contributed by atoms with Crippen molar-refractivity contribution in [1.82, 2.24) is 9.78 Å². The molecule has 0 saturated heterocycles. The Balaban J connectivity index is 1.65. The summed E-state index contributed by atoms with van der Waals surface area (Å²) in [6.07, 6.45) is 7.31. The van der Waals surface area contributed by atoms with Crippen molar-refractivity contribution >= 4 is 17.3 Å². The Labute approximate surface area is 124 Å². The SMILES string of the molecule is Cc1c(Cl)cccc1NCc1ccn(C2CCCC2)n1. The van der Waals surface area contributed by atoms with Crippen molar-refractivity contribution in [3.8, 4) is 0 Å². The molecule has 3 nitrogen and oxygen atoms in total. The standard InChI is InChI=1S/C16H20ClN3/c1-12-15(17)7-4-8-16(12)18-11-13-9-10-20(19-13)14-5-2-3-6-14/h4,7-10,14,18H,2-3,5-6,11H2,1H3. The van der Waals surface area contributed by atoms with E-state index in [1.807, 2.05) is 19.1 Å². The number of nitrogens with zero attached hydrogens (tertiary/aromatic N) is 2. The number of rotatable bonds is 4. The van der Waals surface area contributed by atoms with Gasteiger partial charge in [-0.1, -0.05) is 30.5 Å². The highest BCUT2D eigenvalue weighted by Gasteiger charge is 2.17. The average Bonchev–Trinajstić information content (AvgIpc) is 3.10. The molecule has 0 spiro atoms. The van der Waals surface area contributed by atoms with E-state index in [1.165, 1.54) is 25.7 Å². The van der Waals surface area contributed by atoms with Crippen molar-refractivity contribution < 1.29 is 0 Å². The van der Waals surface area contributed by atoms with E-state index in [1.54, 1.807) is 0 Å². The molecule has 1 saturated carbocycles. The van der Waals surface area contributed by atoms with E-state index < -0.39 is 0 Å². The third kappa shape index (κ3) is 2.83. The first-order valence-electron chi connectivity index (χ1n) is 7.27. The molecule has 0 atom stereocenters. The number of hydrogen-bond donors (Lipinski definition) is 1. The second-order valence-electron chi connectivity index (χ2n) is 5.49. The number of anilines is 1. The Kier molecular flexibility index (Phi) is 3.97. The van der Waals surface area contributed by atoms with Gasteiger partial charge in [-0.25, -0.2) is 0 Å². The normalized spacial score (nSPS) is 15.7. The lowest BCUT2D eigenvalue weighted by molar-refractivity contribution is 0.463. The van der Waals surface area contributed by atoms with Gasteiger partial charge in [-0.2, -0.15) is 5.10 Å². The number of nitrogens with one attached hydrogen (secondary N) is 1. The monoisotopic (exact) mass is 289 g/mol. The van der Waals surface area contributed by atoms with E-state index in [0.717, 1.165) is 28.5 Å². The van der Waals surface area contributed by atoms with Gasteiger partial charge in [0.1, 0.15) is 0 Å². The zero-order valence-electron chi connectivity index (χ0n) is 11.8. The van der Waals surface area contributed by atoms with Crippen LogP contribution in [-0.2, 0) is 6.54 Å². The van der Waals surface area contributed by atoms with Gasteiger partial charge in [0.05, 0.1) is 18.3 Å². The Morgan fingerprint density at radius 1 is 1.30 bits per heavy atom. The highest BCUT2D eigenvalue weighted by atomic mass is 35.5. The highest BCUT2D eigenvalue weighted by molar-refractivity contribution is 6.31. The molecule has 1 aliphatic carbocycles. The lowest BCUT2D eigenvalue weighted by atomic mass is 10.2. The second kappa shape index (κ2) is 5.88. The van der Waals surface area contributed by atoms with Crippen molar-refractivity contribution in [1.29, 1.82) is 0 Å². The number of benzene rings is 1. The van der Waals surface area contributed by atoms with Gasteiger partial charge in [0.2, 0.25) is 0 Å². The summed E-state index contributed by atoms with van der Waals surface area (Å²) in [6.45, 7) is 2.77. The number of hydrogen-bond acceptors (Lipinski definition) is 2. The predicted molar refractivity (Wildman–Crippen MR) is 83.2 cm³/mol. The van der Waals surface area contributed by atoms with Crippen LogP contribution < -0.4 is 5.32 Å². The van der Waals surface area contributed by atoms with Crippen LogP contribution in [0.3, 0.4) is 0 Å². The summed E-state index contributed by atoms with van der Waals surface area (Å²) in [5, 5.41) is 8.89. The minimum absolute atomic E-state index is 0.608. The Morgan fingerprint density at radius 2 is 2.10 bits per heavy atom. The quantitative estimate of drug-likeness (QED) is 0.893. The van der Waals surface area contributed by atoms with Crippen LogP contribution in [0.1, 0.15) is 43.0 Å². The molecule has 1 aromatic carbocycles. The molecular formula is C16H20ClN3. The van der Waals surface area contributed by atoms with Crippen LogP contribution in [0, 0.1) is 6.92 Å². The molecular weight excluding hydrogens is 270 g/mol. The van der Waals surface area contributed by atoms with Crippen molar-refractivity contribution in [3.63, 3.8) is 0 Å². The molecule has 0 unspecified atom stereocenters. The van der Waals surface area contributed by atoms with Crippen LogP contribution in [0.4, 0.5) is 5.69 Å². The maximum absolute atomic E-state index is 6.13. The number of aromatic nitrogens is 2. The zero-order chi connectivity index (χ0) is 13.9. The molecule has 1 aliphatic rings. The first kappa shape index (κ1) is 13.5. The van der Waals surface area contributed by atoms with Crippen LogP contribution in [0.5, 0.6) is 0 Å². The Morgan fingerprint density at radius 3 is 2.90 bits per heavy atom. The van der Waals surface area contributed by atoms with E-state index in [-0.39, 0.29) is 0 Å². The van der Waals surface area contributed by atoms with Crippen LogP contribution in [0.25, 0.3) is 0 Å². The van der Waals surface area contributed by atoms with Crippen LogP contribution in [0.2, 0.25) is 5.02 Å². The fourth-order valence-corrected chi connectivity index (χ4v) is 3.00. The summed E-state index contributed by atoms with van der Waals surface area (Å²) in [4.78, 5) is 0. The van der Waals surface area contributed by atoms with Gasteiger partial charge in [0.25, 0.3) is 0 Å². The molecule has 1 aromatic heterocycles. The van der Waals surface area contributed by atoms with Crippen molar-refractivity contribution in [2.75, 3.05) is 5.32 Å². The molecule has 1 fully saturated rings. The van der Waals surface area contributed by atoms with Crippen LogP contribution in [-0.4, -0.2) is 9.78 Å². The molecule has 3 rings (SSSR count). The van der Waals surface area contributed by atoms with Gasteiger partial charge in [-0.15, -0.1) is 0 Å². The molecule has 0 radical (unpaired) electrons. The maximum Gasteiger partial charge on any atom is 0.0815 e. The molecule has 1 N–H and O–H groups in total. The summed E-state index contributed by atoms with van der Waals surface area (Å²) in [7, 11) is 0. The van der Waals surface area contributed by atoms with Crippen molar-refractivity contribution in [2.24, 2.45) is 0 Å². The molecule has 20 heavy (non-hydrogen) atoms. The lowest BCUT2D eigenvalue weighted by Crippen LogP contribution is -2.07. The summed E-state index contributed by atoms with van der Waals surface area (Å²) < 4.78 is 2.13. The third-order valence-corrected chi connectivity index (χ3v) is 4.50. The average molecular weight is 290 g/mol. The minimum Gasteiger partial charge on any atom is -0.379 e. The molecule has 2 aromatic rings. The second-order valence-corrected chi connectivity index (χ2v) is 5.90. The summed E-state index contributed by atoms with van der Waals surface area (Å²) in [5.74, 6) is 0. The fraction of sp³-hybridized carbons (Fsp3) is 0.438. The summed E-state index contributed by atoms with van der Waals surface area (Å²) >= 11 is 6.13. The topological polar surface area (TPSA) is 29.9 Å². The molecule has 0 aliphatic heterocycles. The third-order valence-electron chi connectivity index (χ3n) is 4.09. The van der Waals surface area contributed by atoms with Gasteiger partial charge < -0.3 is 5.32 Å². The van der Waals surface area contributed by atoms with E-state index in [0.29, 0.717) is 6.04 Å². The number of halogens is 1. The summed E-state index contributed by atoms with van der Waals surface area (Å²) in [5.41, 5.74) is 3.24. The molecule has 0 amide bonds. The minimum atomic E-state index is 0.608. The Hall–Kier alpha value is -1.48. The smallest absolute Gasteiger partial charge is 0.0815 e. The lowest BCUT2D eigenvalue weighted by Gasteiger charge is -2.10. The molecule has 4 heteroatoms. The first-order valence-corrected chi connectivity index (χ1v) is 7.65. The van der Waals surface area contributed by atoms with E-state index in [4.69, 9.17) is 11.6 Å². The first-order chi connectivity index (χ1) is 9.74. The highest BCUT2D eigenvalue weighted by Crippen LogP contribution is 2.29. The van der Waals surface area contributed by atoms with Crippen molar-refractivity contribution in [2.45, 2.75) is 45.2 Å². The van der Waals surface area contributed by atoms with Gasteiger partial charge in [0, 0.05) is 16.9 Å². The van der Waals surface area contributed by atoms with Crippen molar-refractivity contribution in [3.05, 3.63) is 46.7 Å². The largest absolute Gasteiger partial charge is 0.379 e. The van der Waals surface area contributed by atoms with Crippen LogP contribution in [0.15, 0.2) is 30.5 Å². The molecule has 106 valence electrons. The van der Waals surface area contributed by atoms with Gasteiger partial charge >= 0.3 is 0 Å². The van der Waals surface area contributed by atoms with E-state index in [9.17, 15) is 0 Å². The molecule has 1 heterocycles. The van der Waals surface area contributed by atoms with E-state index >= 15 is 0 Å². The Bertz CT molecular complexity index is 585. The zero-order valence-corrected chi connectivity index (χ0v) is 12.5. The van der Waals surface area contributed by atoms with Gasteiger partial charge in [-0.3, -0.25) is 4.68 Å². The van der Waals surface area contributed by atoms with Gasteiger partial charge in [0.15, 0.2) is 0 Å². The van der Waals surface area contributed by atoms with Gasteiger partial charge in [-0.05, 0) is 43.5 Å². The van der Waals surface area contributed by atoms with Crippen LogP contribution >= 0.6 is 11.6 Å².